The number of imide groups is 1. The molecule has 0 radical (unpaired) electrons. The fourth-order valence-electron chi connectivity index (χ4n) is 2.66. The van der Waals surface area contributed by atoms with Gasteiger partial charge >= 0.3 is 11.9 Å². The van der Waals surface area contributed by atoms with Crippen LogP contribution in [0.5, 0.6) is 5.75 Å². The lowest BCUT2D eigenvalue weighted by molar-refractivity contribution is -0.134. The molecular weight excluding hydrogens is 338 g/mol. The third-order valence-electron chi connectivity index (χ3n) is 3.91. The van der Waals surface area contributed by atoms with Crippen LogP contribution >= 0.6 is 0 Å². The molecule has 2 aromatic carbocycles. The van der Waals surface area contributed by atoms with Gasteiger partial charge in [0, 0.05) is 6.42 Å². The number of esters is 1. The zero-order chi connectivity index (χ0) is 18.8. The number of ether oxygens (including phenoxy) is 1. The molecule has 0 bridgehead atoms. The summed E-state index contributed by atoms with van der Waals surface area (Å²) in [5.41, 5.74) is 0.445. The van der Waals surface area contributed by atoms with E-state index in [0.29, 0.717) is 24.3 Å². The lowest BCUT2D eigenvalue weighted by atomic mass is 10.1. The van der Waals surface area contributed by atoms with Crippen molar-refractivity contribution in [2.24, 2.45) is 0 Å². The Hall–Kier alpha value is -3.48. The monoisotopic (exact) mass is 353 g/mol. The van der Waals surface area contributed by atoms with Gasteiger partial charge in [-0.25, -0.2) is 9.69 Å². The van der Waals surface area contributed by atoms with E-state index in [-0.39, 0.29) is 22.7 Å². The number of rotatable bonds is 5. The van der Waals surface area contributed by atoms with E-state index in [4.69, 9.17) is 9.84 Å². The summed E-state index contributed by atoms with van der Waals surface area (Å²) in [7, 11) is 0. The number of nitrogens with zero attached hydrogens (tertiary/aromatic N) is 1. The zero-order valence-corrected chi connectivity index (χ0v) is 13.9. The van der Waals surface area contributed by atoms with Gasteiger partial charge in [-0.1, -0.05) is 6.92 Å². The van der Waals surface area contributed by atoms with Crippen LogP contribution in [0.4, 0.5) is 5.69 Å². The van der Waals surface area contributed by atoms with Gasteiger partial charge in [0.15, 0.2) is 0 Å². The summed E-state index contributed by atoms with van der Waals surface area (Å²) >= 11 is 0. The van der Waals surface area contributed by atoms with Crippen molar-refractivity contribution in [3.63, 3.8) is 0 Å². The van der Waals surface area contributed by atoms with E-state index < -0.39 is 17.8 Å². The Labute approximate surface area is 148 Å². The summed E-state index contributed by atoms with van der Waals surface area (Å²) in [6, 6.07) is 9.79. The minimum absolute atomic E-state index is 0.0494. The molecule has 3 rings (SSSR count). The van der Waals surface area contributed by atoms with Crippen LogP contribution in [-0.2, 0) is 4.79 Å². The maximum absolute atomic E-state index is 12.6. The summed E-state index contributed by atoms with van der Waals surface area (Å²) in [5, 5.41) is 9.04. The number of hydrogen-bond acceptors (Lipinski definition) is 5. The molecular formula is C19H15NO6. The second-order valence-corrected chi connectivity index (χ2v) is 5.73. The Morgan fingerprint density at radius 3 is 2.27 bits per heavy atom. The lowest BCUT2D eigenvalue weighted by Gasteiger charge is -2.14. The molecule has 0 saturated carbocycles. The first-order valence-corrected chi connectivity index (χ1v) is 7.99. The number of carbonyl (C=O) groups is 4. The van der Waals surface area contributed by atoms with Gasteiger partial charge in [-0.05, 0) is 48.9 Å². The van der Waals surface area contributed by atoms with Gasteiger partial charge in [0.25, 0.3) is 11.8 Å². The summed E-state index contributed by atoms with van der Waals surface area (Å²) in [6.07, 6.45) is 0.969. The van der Waals surface area contributed by atoms with Crippen molar-refractivity contribution in [2.45, 2.75) is 19.8 Å². The van der Waals surface area contributed by atoms with Crippen molar-refractivity contribution in [3.05, 3.63) is 59.2 Å². The summed E-state index contributed by atoms with van der Waals surface area (Å²) in [4.78, 5) is 48.6. The maximum atomic E-state index is 12.6. The van der Waals surface area contributed by atoms with Crippen LogP contribution in [0, 0.1) is 0 Å². The third-order valence-corrected chi connectivity index (χ3v) is 3.91. The predicted octanol–water partition coefficient (Wildman–Crippen LogP) is 2.89. The molecule has 1 N–H and O–H groups in total. The molecule has 0 unspecified atom stereocenters. The standard InChI is InChI=1S/C19H15NO6/c1-2-3-16(21)26-13-7-5-12(6-8-13)20-17(22)14-9-4-11(19(24)25)10-15(14)18(20)23/h4-10H,2-3H2,1H3,(H,24,25). The highest BCUT2D eigenvalue weighted by atomic mass is 16.5. The number of carboxylic acid groups (broad SMARTS) is 1. The zero-order valence-electron chi connectivity index (χ0n) is 13.9. The SMILES string of the molecule is CCCC(=O)Oc1ccc(N2C(=O)c3ccc(C(=O)O)cc3C2=O)cc1. The van der Waals surface area contributed by atoms with Crippen LogP contribution in [0.25, 0.3) is 0 Å². The van der Waals surface area contributed by atoms with Crippen LogP contribution in [0.15, 0.2) is 42.5 Å². The van der Waals surface area contributed by atoms with Gasteiger partial charge in [0.2, 0.25) is 0 Å². The molecule has 7 nitrogen and oxygen atoms in total. The first kappa shape index (κ1) is 17.3. The second kappa shape index (κ2) is 6.79. The molecule has 26 heavy (non-hydrogen) atoms. The number of aromatic carboxylic acids is 1. The molecule has 7 heteroatoms. The van der Waals surface area contributed by atoms with E-state index >= 15 is 0 Å². The van der Waals surface area contributed by atoms with Crippen LogP contribution in [0.2, 0.25) is 0 Å². The van der Waals surface area contributed by atoms with E-state index in [0.717, 1.165) is 4.90 Å². The number of carbonyl (C=O) groups excluding carboxylic acids is 3. The highest BCUT2D eigenvalue weighted by Crippen LogP contribution is 2.30. The molecule has 0 saturated heterocycles. The molecule has 0 fully saturated rings. The minimum atomic E-state index is -1.18. The molecule has 0 spiro atoms. The van der Waals surface area contributed by atoms with Gasteiger partial charge in [-0.15, -0.1) is 0 Å². The highest BCUT2D eigenvalue weighted by Gasteiger charge is 2.37. The lowest BCUT2D eigenvalue weighted by Crippen LogP contribution is -2.29. The fraction of sp³-hybridized carbons (Fsp3) is 0.158. The van der Waals surface area contributed by atoms with Gasteiger partial charge in [0.05, 0.1) is 22.4 Å². The maximum Gasteiger partial charge on any atom is 0.335 e. The van der Waals surface area contributed by atoms with Crippen molar-refractivity contribution in [1.82, 2.24) is 0 Å². The minimum Gasteiger partial charge on any atom is -0.478 e. The van der Waals surface area contributed by atoms with E-state index in [1.807, 2.05) is 6.92 Å². The van der Waals surface area contributed by atoms with Crippen molar-refractivity contribution in [1.29, 1.82) is 0 Å². The Kier molecular flexibility index (Phi) is 4.53. The van der Waals surface area contributed by atoms with Crippen molar-refractivity contribution in [2.75, 3.05) is 4.90 Å². The summed E-state index contributed by atoms with van der Waals surface area (Å²) in [6.45, 7) is 1.86. The Bertz CT molecular complexity index is 916. The Balaban J connectivity index is 1.86. The van der Waals surface area contributed by atoms with E-state index in [2.05, 4.69) is 0 Å². The average molecular weight is 353 g/mol. The summed E-state index contributed by atoms with van der Waals surface area (Å²) < 4.78 is 5.14. The normalized spacial score (nSPS) is 12.9. The van der Waals surface area contributed by atoms with E-state index in [9.17, 15) is 19.2 Å². The molecule has 2 aromatic rings. The van der Waals surface area contributed by atoms with Crippen molar-refractivity contribution >= 4 is 29.4 Å². The van der Waals surface area contributed by atoms with Crippen molar-refractivity contribution in [3.8, 4) is 5.75 Å². The van der Waals surface area contributed by atoms with Crippen LogP contribution in [0.1, 0.15) is 50.8 Å². The molecule has 0 atom stereocenters. The molecule has 132 valence electrons. The third kappa shape index (κ3) is 3.06. The number of benzene rings is 2. The van der Waals surface area contributed by atoms with Gasteiger partial charge in [-0.2, -0.15) is 0 Å². The molecule has 1 aliphatic rings. The Morgan fingerprint density at radius 2 is 1.65 bits per heavy atom. The van der Waals surface area contributed by atoms with Crippen molar-refractivity contribution < 1.29 is 29.0 Å². The summed E-state index contributed by atoms with van der Waals surface area (Å²) in [5.74, 6) is -2.34. The second-order valence-electron chi connectivity index (χ2n) is 5.73. The first-order chi connectivity index (χ1) is 12.4. The van der Waals surface area contributed by atoms with E-state index in [1.54, 1.807) is 0 Å². The number of carboxylic acids is 1. The molecule has 0 aromatic heterocycles. The van der Waals surface area contributed by atoms with Crippen LogP contribution < -0.4 is 9.64 Å². The van der Waals surface area contributed by atoms with Gasteiger partial charge < -0.3 is 9.84 Å². The molecule has 2 amide bonds. The smallest absolute Gasteiger partial charge is 0.335 e. The quantitative estimate of drug-likeness (QED) is 0.504. The fourth-order valence-corrected chi connectivity index (χ4v) is 2.66. The molecule has 1 aliphatic heterocycles. The highest BCUT2D eigenvalue weighted by molar-refractivity contribution is 6.34. The Morgan fingerprint density at radius 1 is 1.00 bits per heavy atom. The van der Waals surface area contributed by atoms with Crippen LogP contribution in [-0.4, -0.2) is 28.9 Å². The largest absolute Gasteiger partial charge is 0.478 e. The van der Waals surface area contributed by atoms with E-state index in [1.165, 1.54) is 42.5 Å². The number of fused-ring (bicyclic) bond motifs is 1. The van der Waals surface area contributed by atoms with Gasteiger partial charge in [-0.3, -0.25) is 14.4 Å². The predicted molar refractivity (Wildman–Crippen MR) is 91.5 cm³/mol. The topological polar surface area (TPSA) is 101 Å². The number of anilines is 1. The first-order valence-electron chi connectivity index (χ1n) is 7.99. The number of amides is 2. The van der Waals surface area contributed by atoms with Gasteiger partial charge in [0.1, 0.15) is 5.75 Å². The molecule has 0 aliphatic carbocycles. The average Bonchev–Trinajstić information content (AvgIpc) is 2.86. The number of hydrogen-bond donors (Lipinski definition) is 1. The van der Waals surface area contributed by atoms with Crippen LogP contribution in [0.3, 0.4) is 0 Å². The molecule has 1 heterocycles.